The third kappa shape index (κ3) is 14.2. The van der Waals surface area contributed by atoms with Crippen molar-refractivity contribution in [2.24, 2.45) is 21.1 Å². The Bertz CT molecular complexity index is 4510. The van der Waals surface area contributed by atoms with Crippen LogP contribution in [0.1, 0.15) is 85.5 Å². The van der Waals surface area contributed by atoms with Gasteiger partial charge in [-0.15, -0.1) is 0 Å². The zero-order chi connectivity index (χ0) is 69.8. The summed E-state index contributed by atoms with van der Waals surface area (Å²) in [5.41, 5.74) is 17.3. The molecule has 19 nitrogen and oxygen atoms in total. The third-order valence-electron chi connectivity index (χ3n) is 16.8. The fraction of sp³-hybridized carbons (Fsp3) is 0.323. The number of halogens is 9. The molecule has 10 aromatic rings. The lowest BCUT2D eigenvalue weighted by atomic mass is 9.90. The minimum atomic E-state index is -1.01. The first-order chi connectivity index (χ1) is 43.7. The summed E-state index contributed by atoms with van der Waals surface area (Å²) in [5.74, 6) is -1.33. The number of fused-ring (bicyclic) bond motifs is 3. The number of nitrogens with zero attached hydrogens (tertiary/aromatic N) is 13. The Balaban J connectivity index is 0.000000165. The molecular formula is C65H69BBr2ClF6N15O4. The highest BCUT2D eigenvalue weighted by Crippen LogP contribution is 2.41. The SMILES string of the molecule is CC(C)(O)C(C)(C)O.Cc1nc(Cl)c2c(Br)c(C)n(C)c2n1.Cc1nc(N)c2c(-c3ccc(N4CC(c5ccc(F)cc5F)N(C)C4=O)cc3F)c(C)n(C)c2n1.Cc1nc(N)c2c(Br)c(C)n(C)c2n1.[B]c1ccc(N2CC(c3ccc(F)cc3F)N(C)C2=O)cc1F. The molecule has 2 atom stereocenters. The number of hydrogen-bond donors (Lipinski definition) is 4. The van der Waals surface area contributed by atoms with Crippen molar-refractivity contribution in [3.63, 3.8) is 0 Å². The second-order valence-corrected chi connectivity index (χ2v) is 25.7. The number of rotatable bonds is 6. The summed E-state index contributed by atoms with van der Waals surface area (Å²) < 4.78 is 91.7. The van der Waals surface area contributed by atoms with E-state index in [1.165, 1.54) is 64.0 Å². The lowest BCUT2D eigenvalue weighted by molar-refractivity contribution is -0.107. The van der Waals surface area contributed by atoms with Crippen molar-refractivity contribution in [1.29, 1.82) is 0 Å². The quantitative estimate of drug-likeness (QED) is 0.0692. The van der Waals surface area contributed by atoms with Crippen molar-refractivity contribution in [2.75, 3.05) is 48.5 Å². The number of aryl methyl sites for hydroxylation is 6. The van der Waals surface area contributed by atoms with E-state index in [-0.39, 0.29) is 35.5 Å². The maximum absolute atomic E-state index is 15.5. The maximum atomic E-state index is 15.5. The van der Waals surface area contributed by atoms with Crippen molar-refractivity contribution in [3.05, 3.63) is 167 Å². The molecule has 6 aromatic heterocycles. The molecule has 12 rings (SSSR count). The molecular weight excluding hydrogens is 1370 g/mol. The molecule has 8 heterocycles. The van der Waals surface area contributed by atoms with Gasteiger partial charge in [-0.2, -0.15) is 0 Å². The number of nitrogens with two attached hydrogens (primary N) is 2. The van der Waals surface area contributed by atoms with Crippen LogP contribution in [-0.2, 0) is 21.1 Å². The molecule has 94 heavy (non-hydrogen) atoms. The predicted molar refractivity (Wildman–Crippen MR) is 362 cm³/mol. The van der Waals surface area contributed by atoms with Crippen LogP contribution >= 0.6 is 43.5 Å². The van der Waals surface area contributed by atoms with Gasteiger partial charge >= 0.3 is 12.1 Å². The summed E-state index contributed by atoms with van der Waals surface area (Å²) in [6, 6.07) is 13.0. The third-order valence-corrected chi connectivity index (χ3v) is 19.1. The van der Waals surface area contributed by atoms with Crippen LogP contribution in [0, 0.1) is 76.4 Å². The van der Waals surface area contributed by atoms with Crippen molar-refractivity contribution in [2.45, 2.75) is 92.5 Å². The molecule has 0 saturated carbocycles. The van der Waals surface area contributed by atoms with Gasteiger partial charge in [0.25, 0.3) is 0 Å². The fourth-order valence-corrected chi connectivity index (χ4v) is 12.1. The van der Waals surface area contributed by atoms with Crippen LogP contribution in [0.15, 0.2) is 81.7 Å². The average molecular weight is 1440 g/mol. The Hall–Kier alpha value is -8.31. The standard InChI is InChI=1S/C25H23F3N6O.C16H12BF3N2O.C9H9BrClN3.C9H11BrN4.C6H14O2/c1-12-21(22-23(29)30-13(2)31-24(22)32(12)3)17-8-6-15(10-19(17)28)34-11-20(33(4)25(34)35)16-7-5-14(26)9-18(16)27;1-21-15(11-4-2-9(18)6-13(11)19)8-22(16(21)23)10-3-5-12(17)14(20)7-10;2*1-4-7(10)6-8(11)12-5(2)13-9(6)14(4)3;1-5(2,7)6(3,4)8/h5-10,20H,11H2,1-4H3,(H2,29,30,31);2-7,15H,8H2,1H3;1-3H3;1-3H3,(H2,11,12,13);7-8H,1-4H3. The fourth-order valence-electron chi connectivity index (χ4n) is 10.4. The first kappa shape index (κ1) is 71.5. The van der Waals surface area contributed by atoms with Gasteiger partial charge in [-0.05, 0) is 144 Å². The molecule has 2 aliphatic heterocycles. The van der Waals surface area contributed by atoms with Gasteiger partial charge in [-0.1, -0.05) is 35.3 Å². The van der Waals surface area contributed by atoms with E-state index in [4.69, 9.17) is 41.1 Å². The van der Waals surface area contributed by atoms with E-state index >= 15 is 4.39 Å². The lowest BCUT2D eigenvalue weighted by Crippen LogP contribution is -2.44. The summed E-state index contributed by atoms with van der Waals surface area (Å²) in [7, 11) is 14.2. The van der Waals surface area contributed by atoms with Crippen LogP contribution in [0.4, 0.5) is 58.9 Å². The highest BCUT2D eigenvalue weighted by molar-refractivity contribution is 9.11. The van der Waals surface area contributed by atoms with Gasteiger partial charge in [0.05, 0.1) is 61.5 Å². The molecule has 2 unspecified atom stereocenters. The number of urea groups is 2. The number of carbonyl (C=O) groups excluding carboxylic acids is 2. The molecule has 2 aliphatic rings. The van der Waals surface area contributed by atoms with E-state index in [0.717, 1.165) is 78.4 Å². The molecule has 2 radical (unpaired) electrons. The molecule has 2 saturated heterocycles. The second-order valence-electron chi connectivity index (χ2n) is 23.8. The number of anilines is 4. The van der Waals surface area contributed by atoms with Crippen molar-refractivity contribution >= 4 is 125 Å². The molecule has 0 bridgehead atoms. The predicted octanol–water partition coefficient (Wildman–Crippen LogP) is 12.8. The molecule has 4 amide bonds. The van der Waals surface area contributed by atoms with Gasteiger partial charge < -0.3 is 45.2 Å². The molecule has 29 heteroatoms. The van der Waals surface area contributed by atoms with Gasteiger partial charge in [0.15, 0.2) is 0 Å². The average Bonchev–Trinajstić information content (AvgIpc) is 1.60. The first-order valence-electron chi connectivity index (χ1n) is 29.0. The van der Waals surface area contributed by atoms with Gasteiger partial charge in [-0.3, -0.25) is 9.80 Å². The van der Waals surface area contributed by atoms with Crippen molar-refractivity contribution in [3.8, 4) is 11.1 Å². The molecule has 2 fully saturated rings. The number of nitrogen functional groups attached to an aromatic ring is 2. The number of likely N-dealkylation sites (N-methyl/N-ethyl adjacent to an activating group) is 2. The zero-order valence-electron chi connectivity index (χ0n) is 54.2. The first-order valence-corrected chi connectivity index (χ1v) is 31.0. The van der Waals surface area contributed by atoms with E-state index < -0.39 is 70.3 Å². The van der Waals surface area contributed by atoms with Gasteiger partial charge in [0, 0.05) is 98.1 Å². The smallest absolute Gasteiger partial charge is 0.324 e. The van der Waals surface area contributed by atoms with Gasteiger partial charge in [-0.25, -0.2) is 65.8 Å². The number of amides is 4. The number of benzene rings is 4. The van der Waals surface area contributed by atoms with Crippen LogP contribution in [0.25, 0.3) is 44.2 Å². The second kappa shape index (κ2) is 27.6. The lowest BCUT2D eigenvalue weighted by Gasteiger charge is -2.31. The number of carbonyl (C=O) groups is 2. The normalized spacial score (nSPS) is 14.9. The minimum Gasteiger partial charge on any atom is -0.387 e. The highest BCUT2D eigenvalue weighted by Gasteiger charge is 2.40. The largest absolute Gasteiger partial charge is 0.387 e. The van der Waals surface area contributed by atoms with Crippen LogP contribution in [-0.4, -0.2) is 122 Å². The Morgan fingerprint density at radius 2 is 0.904 bits per heavy atom. The highest BCUT2D eigenvalue weighted by atomic mass is 79.9. The zero-order valence-corrected chi connectivity index (χ0v) is 58.1. The molecule has 4 aromatic carbocycles. The molecule has 494 valence electrons. The molecule has 6 N–H and O–H groups in total. The summed E-state index contributed by atoms with van der Waals surface area (Å²) in [6.07, 6.45) is 0. The topological polar surface area (TPSA) is 232 Å². The van der Waals surface area contributed by atoms with Crippen LogP contribution in [0.3, 0.4) is 0 Å². The Morgan fingerprint density at radius 1 is 0.521 bits per heavy atom. The summed E-state index contributed by atoms with van der Waals surface area (Å²) in [4.78, 5) is 56.4. The monoisotopic (exact) mass is 1440 g/mol. The van der Waals surface area contributed by atoms with E-state index in [9.17, 15) is 31.5 Å². The van der Waals surface area contributed by atoms with E-state index in [2.05, 4.69) is 61.8 Å². The van der Waals surface area contributed by atoms with Crippen LogP contribution in [0.2, 0.25) is 5.15 Å². The molecule has 0 spiro atoms. The Kier molecular flexibility index (Phi) is 21.0. The summed E-state index contributed by atoms with van der Waals surface area (Å²) >= 11 is 13.0. The van der Waals surface area contributed by atoms with Gasteiger partial charge in [0.1, 0.15) is 94.0 Å². The summed E-state index contributed by atoms with van der Waals surface area (Å²) in [5, 5.41) is 21.1. The summed E-state index contributed by atoms with van der Waals surface area (Å²) in [6.45, 7) is 17.8. The van der Waals surface area contributed by atoms with Gasteiger partial charge in [0.2, 0.25) is 0 Å². The maximum Gasteiger partial charge on any atom is 0.324 e. The minimum absolute atomic E-state index is 0.0186. The van der Waals surface area contributed by atoms with E-state index in [1.807, 2.05) is 69.5 Å². The van der Waals surface area contributed by atoms with E-state index in [0.29, 0.717) is 62.0 Å². The van der Waals surface area contributed by atoms with Crippen molar-refractivity contribution < 1.29 is 46.1 Å². The van der Waals surface area contributed by atoms with E-state index in [1.54, 1.807) is 46.8 Å². The molecule has 0 aliphatic carbocycles. The number of aliphatic hydroxyl groups is 2. The Labute approximate surface area is 562 Å². The van der Waals surface area contributed by atoms with Crippen LogP contribution in [0.5, 0.6) is 0 Å². The number of hydrogen-bond acceptors (Lipinski definition) is 12. The number of aromatic nitrogens is 9. The van der Waals surface area contributed by atoms with Crippen LogP contribution < -0.4 is 26.7 Å². The van der Waals surface area contributed by atoms with Crippen molar-refractivity contribution in [1.82, 2.24) is 53.4 Å². The Morgan fingerprint density at radius 3 is 1.33 bits per heavy atom.